The van der Waals surface area contributed by atoms with Gasteiger partial charge in [0.25, 0.3) is 5.56 Å². The Hall–Kier alpha value is -4.60. The lowest BCUT2D eigenvalue weighted by atomic mass is 9.98. The van der Waals surface area contributed by atoms with Gasteiger partial charge < -0.3 is 9.67 Å². The lowest BCUT2D eigenvalue weighted by Crippen LogP contribution is -2.24. The Morgan fingerprint density at radius 2 is 1.86 bits per heavy atom. The number of aromatic nitrogens is 7. The second-order valence-electron chi connectivity index (χ2n) is 8.27. The molecule has 0 spiro atoms. The summed E-state index contributed by atoms with van der Waals surface area (Å²) >= 11 is 0. The van der Waals surface area contributed by atoms with E-state index in [4.69, 9.17) is 0 Å². The standard InChI is InChI=1S/C25H23N7O3/c1-2-3-6-18-15-31(23-21(25(34)35)13-26-32(23)24(18)33)14-16-9-11-17(12-10-16)19-7-4-5-8-20(19)22-27-29-30-28-22/h4-5,7-13,15H,2-3,6,14H2,1H3,(H,34,35)(H,27,28,29,30). The van der Waals surface area contributed by atoms with Crippen molar-refractivity contribution in [2.75, 3.05) is 0 Å². The molecule has 35 heavy (non-hydrogen) atoms. The van der Waals surface area contributed by atoms with E-state index in [1.165, 1.54) is 10.7 Å². The molecule has 3 aromatic heterocycles. The van der Waals surface area contributed by atoms with Gasteiger partial charge in [0.2, 0.25) is 5.82 Å². The Labute approximate surface area is 199 Å². The van der Waals surface area contributed by atoms with Crippen LogP contribution in [0.3, 0.4) is 0 Å². The maximum absolute atomic E-state index is 12.9. The average Bonchev–Trinajstić information content (AvgIpc) is 3.56. The summed E-state index contributed by atoms with van der Waals surface area (Å²) < 4.78 is 3.00. The Kier molecular flexibility index (Phi) is 5.92. The highest BCUT2D eigenvalue weighted by molar-refractivity contribution is 5.94. The van der Waals surface area contributed by atoms with Crippen molar-refractivity contribution < 1.29 is 9.90 Å². The molecule has 3 heterocycles. The molecule has 0 saturated heterocycles. The zero-order chi connectivity index (χ0) is 24.4. The van der Waals surface area contributed by atoms with Gasteiger partial charge in [0.15, 0.2) is 5.65 Å². The van der Waals surface area contributed by atoms with Gasteiger partial charge in [-0.3, -0.25) is 4.79 Å². The first kappa shape index (κ1) is 22.2. The highest BCUT2D eigenvalue weighted by Crippen LogP contribution is 2.30. The van der Waals surface area contributed by atoms with E-state index in [-0.39, 0.29) is 16.8 Å². The van der Waals surface area contributed by atoms with Crippen molar-refractivity contribution in [2.24, 2.45) is 0 Å². The minimum absolute atomic E-state index is 0.00481. The second kappa shape index (κ2) is 9.34. The maximum atomic E-state index is 12.9. The summed E-state index contributed by atoms with van der Waals surface area (Å²) in [5, 5.41) is 28.1. The van der Waals surface area contributed by atoms with Gasteiger partial charge >= 0.3 is 5.97 Å². The predicted molar refractivity (Wildman–Crippen MR) is 129 cm³/mol. The number of nitrogens with zero attached hydrogens (tertiary/aromatic N) is 6. The molecule has 0 saturated carbocycles. The second-order valence-corrected chi connectivity index (χ2v) is 8.27. The molecule has 176 valence electrons. The van der Waals surface area contributed by atoms with Crippen LogP contribution in [0.2, 0.25) is 0 Å². The van der Waals surface area contributed by atoms with Gasteiger partial charge in [-0.15, -0.1) is 10.2 Å². The number of benzene rings is 2. The topological polar surface area (TPSA) is 131 Å². The van der Waals surface area contributed by atoms with Crippen LogP contribution in [-0.2, 0) is 13.0 Å². The van der Waals surface area contributed by atoms with Crippen molar-refractivity contribution in [3.63, 3.8) is 0 Å². The number of nitrogens with one attached hydrogen (secondary N) is 1. The summed E-state index contributed by atoms with van der Waals surface area (Å²) in [4.78, 5) is 24.7. The number of aryl methyl sites for hydroxylation is 1. The number of carbonyl (C=O) groups is 1. The van der Waals surface area contributed by atoms with Gasteiger partial charge in [-0.2, -0.15) is 14.8 Å². The molecular formula is C25H23N7O3. The minimum Gasteiger partial charge on any atom is -0.477 e. The van der Waals surface area contributed by atoms with E-state index < -0.39 is 5.97 Å². The number of hydrogen-bond donors (Lipinski definition) is 2. The molecule has 0 bridgehead atoms. The summed E-state index contributed by atoms with van der Waals surface area (Å²) in [6.45, 7) is 2.45. The Bertz CT molecular complexity index is 1550. The number of hydrogen-bond acceptors (Lipinski definition) is 6. The summed E-state index contributed by atoms with van der Waals surface area (Å²) in [7, 11) is 0. The zero-order valence-electron chi connectivity index (χ0n) is 19.0. The number of fused-ring (bicyclic) bond motifs is 1. The molecule has 10 heteroatoms. The van der Waals surface area contributed by atoms with E-state index in [1.54, 1.807) is 10.8 Å². The lowest BCUT2D eigenvalue weighted by molar-refractivity contribution is 0.0698. The Balaban J connectivity index is 1.53. The quantitative estimate of drug-likeness (QED) is 0.356. The van der Waals surface area contributed by atoms with Gasteiger partial charge in [0.1, 0.15) is 5.56 Å². The summed E-state index contributed by atoms with van der Waals surface area (Å²) in [6.07, 6.45) is 5.42. The van der Waals surface area contributed by atoms with E-state index in [0.29, 0.717) is 24.4 Å². The summed E-state index contributed by atoms with van der Waals surface area (Å²) in [5.74, 6) is -0.607. The van der Waals surface area contributed by atoms with Gasteiger partial charge in [-0.25, -0.2) is 4.79 Å². The molecule has 0 fully saturated rings. The third-order valence-electron chi connectivity index (χ3n) is 5.96. The summed E-state index contributed by atoms with van der Waals surface area (Å²) in [6, 6.07) is 15.8. The first-order valence-electron chi connectivity index (χ1n) is 11.3. The van der Waals surface area contributed by atoms with Crippen LogP contribution in [0, 0.1) is 0 Å². The molecule has 0 aliphatic carbocycles. The van der Waals surface area contributed by atoms with Gasteiger partial charge in [0.05, 0.1) is 6.20 Å². The van der Waals surface area contributed by atoms with E-state index in [9.17, 15) is 14.7 Å². The Morgan fingerprint density at radius 3 is 2.54 bits per heavy atom. The Morgan fingerprint density at radius 1 is 1.09 bits per heavy atom. The molecular weight excluding hydrogens is 446 g/mol. The lowest BCUT2D eigenvalue weighted by Gasteiger charge is -2.13. The van der Waals surface area contributed by atoms with Crippen LogP contribution >= 0.6 is 0 Å². The van der Waals surface area contributed by atoms with Crippen LogP contribution < -0.4 is 5.56 Å². The first-order valence-corrected chi connectivity index (χ1v) is 11.3. The normalized spacial score (nSPS) is 11.2. The number of H-pyrrole nitrogens is 1. The molecule has 0 amide bonds. The molecule has 10 nitrogen and oxygen atoms in total. The van der Waals surface area contributed by atoms with Crippen LogP contribution in [0.25, 0.3) is 28.2 Å². The number of rotatable bonds is 8. The third kappa shape index (κ3) is 4.21. The third-order valence-corrected chi connectivity index (χ3v) is 5.96. The first-order chi connectivity index (χ1) is 17.1. The van der Waals surface area contributed by atoms with Crippen LogP contribution in [0.1, 0.15) is 41.3 Å². The van der Waals surface area contributed by atoms with Crippen molar-refractivity contribution in [2.45, 2.75) is 32.7 Å². The molecule has 0 radical (unpaired) electrons. The fourth-order valence-electron chi connectivity index (χ4n) is 4.21. The molecule has 5 rings (SSSR count). The smallest absolute Gasteiger partial charge is 0.341 e. The van der Waals surface area contributed by atoms with Crippen LogP contribution in [0.4, 0.5) is 0 Å². The van der Waals surface area contributed by atoms with Crippen molar-refractivity contribution in [1.82, 2.24) is 34.8 Å². The highest BCUT2D eigenvalue weighted by Gasteiger charge is 2.19. The van der Waals surface area contributed by atoms with Crippen LogP contribution in [-0.4, -0.2) is 45.9 Å². The average molecular weight is 470 g/mol. The minimum atomic E-state index is -1.12. The van der Waals surface area contributed by atoms with Crippen molar-refractivity contribution in [1.29, 1.82) is 0 Å². The van der Waals surface area contributed by atoms with E-state index in [0.717, 1.165) is 35.1 Å². The van der Waals surface area contributed by atoms with E-state index in [2.05, 4.69) is 32.6 Å². The number of aromatic amines is 1. The van der Waals surface area contributed by atoms with Crippen LogP contribution in [0.5, 0.6) is 0 Å². The monoisotopic (exact) mass is 469 g/mol. The number of aromatic carboxylic acids is 1. The van der Waals surface area contributed by atoms with Gasteiger partial charge in [0, 0.05) is 23.9 Å². The van der Waals surface area contributed by atoms with Crippen molar-refractivity contribution in [3.05, 3.63) is 88.0 Å². The zero-order valence-corrected chi connectivity index (χ0v) is 19.0. The molecule has 0 atom stereocenters. The number of unbranched alkanes of at least 4 members (excludes halogenated alkanes) is 1. The maximum Gasteiger partial charge on any atom is 0.341 e. The SMILES string of the molecule is CCCCc1cn(Cc2ccc(-c3ccccc3-c3nn[nH]n3)cc2)c2c(C(=O)O)cnn2c1=O. The largest absolute Gasteiger partial charge is 0.477 e. The van der Waals surface area contributed by atoms with Crippen molar-refractivity contribution >= 4 is 11.6 Å². The van der Waals surface area contributed by atoms with E-state index in [1.807, 2.05) is 48.5 Å². The number of carboxylic acids is 1. The van der Waals surface area contributed by atoms with E-state index >= 15 is 0 Å². The van der Waals surface area contributed by atoms with Crippen LogP contribution in [0.15, 0.2) is 65.7 Å². The fraction of sp³-hybridized carbons (Fsp3) is 0.200. The number of carboxylic acid groups (broad SMARTS) is 1. The molecule has 5 aromatic rings. The molecule has 2 N–H and O–H groups in total. The highest BCUT2D eigenvalue weighted by atomic mass is 16.4. The van der Waals surface area contributed by atoms with Gasteiger partial charge in [-0.1, -0.05) is 61.9 Å². The van der Waals surface area contributed by atoms with Gasteiger partial charge in [-0.05, 0) is 34.7 Å². The fourth-order valence-corrected chi connectivity index (χ4v) is 4.21. The molecule has 2 aromatic carbocycles. The number of tetrazole rings is 1. The molecule has 0 aliphatic heterocycles. The van der Waals surface area contributed by atoms with Crippen molar-refractivity contribution in [3.8, 4) is 22.5 Å². The predicted octanol–water partition coefficient (Wildman–Crippen LogP) is 3.43. The summed E-state index contributed by atoms with van der Waals surface area (Å²) in [5.41, 5.74) is 4.38. The molecule has 0 aliphatic rings. The molecule has 0 unspecified atom stereocenters.